The maximum Gasteiger partial charge on any atom is 0.258 e. The largest absolute Gasteiger partial charge is 0.497 e. The second-order valence-corrected chi connectivity index (χ2v) is 8.12. The number of ether oxygens (including phenoxy) is 1. The lowest BCUT2D eigenvalue weighted by Crippen LogP contribution is -2.38. The van der Waals surface area contributed by atoms with Crippen LogP contribution < -0.4 is 25.8 Å². The van der Waals surface area contributed by atoms with Gasteiger partial charge in [-0.3, -0.25) is 19.4 Å². The normalized spacial score (nSPS) is 16.9. The number of benzene rings is 2. The second kappa shape index (κ2) is 8.42. The van der Waals surface area contributed by atoms with Crippen molar-refractivity contribution in [2.45, 2.75) is 25.3 Å². The van der Waals surface area contributed by atoms with Crippen molar-refractivity contribution in [3.63, 3.8) is 0 Å². The first-order valence-electron chi connectivity index (χ1n) is 10.7. The van der Waals surface area contributed by atoms with Gasteiger partial charge in [-0.25, -0.2) is 0 Å². The molecule has 1 atom stereocenters. The van der Waals surface area contributed by atoms with Crippen molar-refractivity contribution in [2.75, 3.05) is 29.2 Å². The number of nitrogens with zero attached hydrogens (tertiary/aromatic N) is 2. The highest BCUT2D eigenvalue weighted by Crippen LogP contribution is 2.31. The smallest absolute Gasteiger partial charge is 0.258 e. The Hall–Kier alpha value is -4.14. The Morgan fingerprint density at radius 2 is 1.97 bits per heavy atom. The van der Waals surface area contributed by atoms with E-state index < -0.39 is 17.4 Å². The van der Waals surface area contributed by atoms with E-state index in [9.17, 15) is 14.4 Å². The van der Waals surface area contributed by atoms with Crippen LogP contribution in [0.3, 0.4) is 0 Å². The molecule has 2 aliphatic heterocycles. The summed E-state index contributed by atoms with van der Waals surface area (Å²) in [5, 5.41) is 5.44. The molecule has 5 rings (SSSR count). The number of methoxy groups -OCH3 is 1. The number of aromatic amines is 1. The molecule has 1 unspecified atom stereocenters. The first-order chi connectivity index (χ1) is 16.0. The summed E-state index contributed by atoms with van der Waals surface area (Å²) in [6.45, 7) is 1.29. The highest BCUT2D eigenvalue weighted by Gasteiger charge is 2.35. The maximum atomic E-state index is 13.1. The molecule has 3 heterocycles. The molecule has 0 aliphatic carbocycles. The van der Waals surface area contributed by atoms with Gasteiger partial charge in [0.1, 0.15) is 11.6 Å². The Morgan fingerprint density at radius 3 is 2.79 bits per heavy atom. The number of hydrogen-bond donors (Lipinski definition) is 3. The number of nitrogens with one attached hydrogen (secondary N) is 3. The minimum atomic E-state index is -0.952. The molecule has 2 aliphatic rings. The molecule has 3 aromatic rings. The molecule has 0 bridgehead atoms. The number of rotatable bonds is 4. The van der Waals surface area contributed by atoms with E-state index in [-0.39, 0.29) is 23.7 Å². The summed E-state index contributed by atoms with van der Waals surface area (Å²) in [7, 11) is 1.53. The van der Waals surface area contributed by atoms with Crippen LogP contribution in [0.15, 0.2) is 53.3 Å². The quantitative estimate of drug-likeness (QED) is 0.568. The first kappa shape index (κ1) is 20.7. The van der Waals surface area contributed by atoms with Gasteiger partial charge in [-0.15, -0.1) is 0 Å². The highest BCUT2D eigenvalue weighted by atomic mass is 16.5. The van der Waals surface area contributed by atoms with E-state index in [1.54, 1.807) is 24.3 Å². The van der Waals surface area contributed by atoms with Crippen LogP contribution in [0.5, 0.6) is 5.75 Å². The third-order valence-electron chi connectivity index (χ3n) is 6.02. The molecule has 9 heteroatoms. The molecule has 33 heavy (non-hydrogen) atoms. The molecule has 0 saturated carbocycles. The van der Waals surface area contributed by atoms with E-state index in [0.29, 0.717) is 30.5 Å². The summed E-state index contributed by atoms with van der Waals surface area (Å²) in [5.41, 5.74) is 2.69. The van der Waals surface area contributed by atoms with Gasteiger partial charge in [0.2, 0.25) is 17.8 Å². The van der Waals surface area contributed by atoms with Crippen LogP contribution in [0.2, 0.25) is 0 Å². The predicted molar refractivity (Wildman–Crippen MR) is 124 cm³/mol. The number of hydrogen-bond acceptors (Lipinski definition) is 6. The molecule has 9 nitrogen and oxygen atoms in total. The number of H-pyrrole nitrogens is 1. The van der Waals surface area contributed by atoms with Gasteiger partial charge in [0, 0.05) is 31.3 Å². The van der Waals surface area contributed by atoms with Crippen molar-refractivity contribution < 1.29 is 14.3 Å². The minimum absolute atomic E-state index is 0.134. The lowest BCUT2D eigenvalue weighted by atomic mass is 9.92. The van der Waals surface area contributed by atoms with E-state index in [1.807, 2.05) is 17.0 Å². The van der Waals surface area contributed by atoms with Crippen LogP contribution in [0.4, 0.5) is 17.5 Å². The van der Waals surface area contributed by atoms with E-state index in [1.165, 1.54) is 18.2 Å². The Balaban J connectivity index is 1.44. The van der Waals surface area contributed by atoms with Crippen molar-refractivity contribution in [2.24, 2.45) is 0 Å². The fourth-order valence-corrected chi connectivity index (χ4v) is 4.34. The third-order valence-corrected chi connectivity index (χ3v) is 6.02. The molecule has 2 amide bonds. The zero-order valence-corrected chi connectivity index (χ0v) is 18.1. The average molecular weight is 445 g/mol. The van der Waals surface area contributed by atoms with Gasteiger partial charge in [0.25, 0.3) is 5.56 Å². The van der Waals surface area contributed by atoms with Gasteiger partial charge >= 0.3 is 0 Å². The number of fused-ring (bicyclic) bond motifs is 2. The Labute approximate surface area is 189 Å². The van der Waals surface area contributed by atoms with E-state index >= 15 is 0 Å². The van der Waals surface area contributed by atoms with Crippen LogP contribution >= 0.6 is 0 Å². The van der Waals surface area contributed by atoms with Gasteiger partial charge in [-0.2, -0.15) is 4.98 Å². The molecule has 0 fully saturated rings. The summed E-state index contributed by atoms with van der Waals surface area (Å²) in [4.78, 5) is 47.8. The molecule has 2 aromatic carbocycles. The number of carbonyl (C=O) groups excluding carboxylic acids is 2. The van der Waals surface area contributed by atoms with Gasteiger partial charge in [-0.05, 0) is 29.7 Å². The summed E-state index contributed by atoms with van der Waals surface area (Å²) in [6, 6.07) is 15.0. The molecule has 1 aromatic heterocycles. The first-order valence-corrected chi connectivity index (χ1v) is 10.7. The monoisotopic (exact) mass is 445 g/mol. The zero-order chi connectivity index (χ0) is 22.9. The van der Waals surface area contributed by atoms with Crippen molar-refractivity contribution >= 4 is 29.3 Å². The number of carbonyl (C=O) groups is 2. The number of amides is 2. The summed E-state index contributed by atoms with van der Waals surface area (Å²) in [5.74, 6) is -0.668. The predicted octanol–water partition coefficient (Wildman–Crippen LogP) is 2.41. The highest BCUT2D eigenvalue weighted by molar-refractivity contribution is 6.04. The molecule has 0 spiro atoms. The van der Waals surface area contributed by atoms with Crippen LogP contribution in [0, 0.1) is 0 Å². The summed E-state index contributed by atoms with van der Waals surface area (Å²) in [6.07, 6.45) is 0.693. The van der Waals surface area contributed by atoms with Crippen molar-refractivity contribution in [3.05, 3.63) is 75.6 Å². The van der Waals surface area contributed by atoms with Gasteiger partial charge in [0.05, 0.1) is 18.6 Å². The van der Waals surface area contributed by atoms with Crippen LogP contribution in [0.25, 0.3) is 0 Å². The SMILES string of the molecule is COc1cccc(NC(=O)C2CC(=O)Nc3nc(N4CCc5ccccc5C4)[nH]c(=O)c32)c1. The average Bonchev–Trinajstić information content (AvgIpc) is 2.83. The van der Waals surface area contributed by atoms with Crippen molar-refractivity contribution in [1.82, 2.24) is 9.97 Å². The molecule has 168 valence electrons. The second-order valence-electron chi connectivity index (χ2n) is 8.12. The molecule has 0 saturated heterocycles. The standard InChI is InChI=1S/C24H23N5O4/c1-33-17-8-4-7-16(11-17)25-22(31)18-12-19(30)26-21-20(18)23(32)28-24(27-21)29-10-9-14-5-2-3-6-15(14)13-29/h2-8,11,18H,9-10,12-13H2,1H3,(H,25,31)(H2,26,27,28,30,32). The van der Waals surface area contributed by atoms with E-state index in [4.69, 9.17) is 4.74 Å². The van der Waals surface area contributed by atoms with E-state index in [2.05, 4.69) is 32.7 Å². The van der Waals surface area contributed by atoms with Gasteiger partial charge in [-0.1, -0.05) is 30.3 Å². The summed E-state index contributed by atoms with van der Waals surface area (Å²) >= 11 is 0. The van der Waals surface area contributed by atoms with Crippen LogP contribution in [-0.4, -0.2) is 35.4 Å². The fraction of sp³-hybridized carbons (Fsp3) is 0.250. The molecular formula is C24H23N5O4. The fourth-order valence-electron chi connectivity index (χ4n) is 4.34. The zero-order valence-electron chi connectivity index (χ0n) is 18.1. The van der Waals surface area contributed by atoms with E-state index in [0.717, 1.165) is 6.42 Å². The Kier molecular flexibility index (Phi) is 5.29. The maximum absolute atomic E-state index is 13.1. The van der Waals surface area contributed by atoms with Crippen LogP contribution in [-0.2, 0) is 22.6 Å². The number of aromatic nitrogens is 2. The van der Waals surface area contributed by atoms with Gasteiger partial charge in [0.15, 0.2) is 0 Å². The lowest BCUT2D eigenvalue weighted by Gasteiger charge is -2.30. The molecule has 0 radical (unpaired) electrons. The molecule has 3 N–H and O–H groups in total. The third kappa shape index (κ3) is 4.05. The van der Waals surface area contributed by atoms with Crippen LogP contribution in [0.1, 0.15) is 29.0 Å². The van der Waals surface area contributed by atoms with Crippen molar-refractivity contribution in [1.29, 1.82) is 0 Å². The Bertz CT molecular complexity index is 1300. The van der Waals surface area contributed by atoms with Crippen molar-refractivity contribution in [3.8, 4) is 5.75 Å². The minimum Gasteiger partial charge on any atom is -0.497 e. The lowest BCUT2D eigenvalue weighted by molar-refractivity contribution is -0.123. The number of anilines is 3. The topological polar surface area (TPSA) is 116 Å². The summed E-state index contributed by atoms with van der Waals surface area (Å²) < 4.78 is 5.18. The van der Waals surface area contributed by atoms with Gasteiger partial charge < -0.3 is 20.3 Å². The molecular weight excluding hydrogens is 422 g/mol. The Morgan fingerprint density at radius 1 is 1.15 bits per heavy atom.